The van der Waals surface area contributed by atoms with E-state index >= 15 is 0 Å². The van der Waals surface area contributed by atoms with Gasteiger partial charge in [0.2, 0.25) is 5.91 Å². The van der Waals surface area contributed by atoms with E-state index < -0.39 is 12.1 Å². The monoisotopic (exact) mass is 444 g/mol. The van der Waals surface area contributed by atoms with Gasteiger partial charge in [0.05, 0.1) is 6.04 Å². The van der Waals surface area contributed by atoms with Gasteiger partial charge in [-0.2, -0.15) is 0 Å². The number of benzene rings is 2. The van der Waals surface area contributed by atoms with Crippen LogP contribution in [0.2, 0.25) is 5.02 Å². The fourth-order valence-corrected chi connectivity index (χ4v) is 3.97. The molecule has 1 fully saturated rings. The van der Waals surface area contributed by atoms with Crippen molar-refractivity contribution in [2.45, 2.75) is 44.2 Å². The molecule has 3 N–H and O–H groups in total. The van der Waals surface area contributed by atoms with Crippen LogP contribution in [0.5, 0.6) is 5.75 Å². The summed E-state index contributed by atoms with van der Waals surface area (Å²) in [5.74, 6) is -0.141. The lowest BCUT2D eigenvalue weighted by atomic mass is 10.0. The zero-order valence-electron chi connectivity index (χ0n) is 17.5. The van der Waals surface area contributed by atoms with Crippen molar-refractivity contribution in [3.8, 4) is 5.75 Å². The first-order valence-electron chi connectivity index (χ1n) is 10.7. The number of rotatable bonds is 10. The molecule has 0 saturated carbocycles. The van der Waals surface area contributed by atoms with Crippen LogP contribution in [0.25, 0.3) is 0 Å². The molecule has 0 aromatic heterocycles. The SMILES string of the molecule is O=C(CCCC(=O)c1ccc(O)cc1)NC(CN1CCCC1)C(O)c1ccc(Cl)cc1. The van der Waals surface area contributed by atoms with Crippen LogP contribution in [0.3, 0.4) is 0 Å². The Labute approximate surface area is 187 Å². The van der Waals surface area contributed by atoms with E-state index in [0.717, 1.165) is 25.9 Å². The van der Waals surface area contributed by atoms with Crippen molar-refractivity contribution in [2.24, 2.45) is 0 Å². The second-order valence-corrected chi connectivity index (χ2v) is 8.44. The molecule has 0 aliphatic carbocycles. The number of nitrogens with zero attached hydrogens (tertiary/aromatic N) is 1. The summed E-state index contributed by atoms with van der Waals surface area (Å²) >= 11 is 5.95. The number of aromatic hydroxyl groups is 1. The van der Waals surface area contributed by atoms with Gasteiger partial charge in [-0.3, -0.25) is 9.59 Å². The first kappa shape index (κ1) is 23.3. The molecule has 2 unspecified atom stereocenters. The van der Waals surface area contributed by atoms with E-state index in [1.54, 1.807) is 36.4 Å². The fraction of sp³-hybridized carbons (Fsp3) is 0.417. The predicted molar refractivity (Wildman–Crippen MR) is 120 cm³/mol. The summed E-state index contributed by atoms with van der Waals surface area (Å²) in [5, 5.41) is 23.8. The third-order valence-electron chi connectivity index (χ3n) is 5.59. The van der Waals surface area contributed by atoms with E-state index in [0.29, 0.717) is 29.1 Å². The van der Waals surface area contributed by atoms with Crippen molar-refractivity contribution in [2.75, 3.05) is 19.6 Å². The minimum Gasteiger partial charge on any atom is -0.508 e. The molecule has 1 amide bonds. The molecule has 31 heavy (non-hydrogen) atoms. The molecule has 0 bridgehead atoms. The van der Waals surface area contributed by atoms with Crippen LogP contribution in [-0.4, -0.2) is 52.5 Å². The zero-order valence-corrected chi connectivity index (χ0v) is 18.2. The van der Waals surface area contributed by atoms with Gasteiger partial charge in [0, 0.05) is 30.0 Å². The third kappa shape index (κ3) is 7.06. The number of aliphatic hydroxyl groups excluding tert-OH is 1. The summed E-state index contributed by atoms with van der Waals surface area (Å²) in [7, 11) is 0. The van der Waals surface area contributed by atoms with Gasteiger partial charge in [-0.05, 0) is 74.3 Å². The van der Waals surface area contributed by atoms with Gasteiger partial charge in [0.15, 0.2) is 5.78 Å². The highest BCUT2D eigenvalue weighted by Crippen LogP contribution is 2.22. The fourth-order valence-electron chi connectivity index (χ4n) is 3.84. The van der Waals surface area contributed by atoms with Crippen LogP contribution in [0.4, 0.5) is 0 Å². The number of hydrogen-bond donors (Lipinski definition) is 3. The van der Waals surface area contributed by atoms with Gasteiger partial charge >= 0.3 is 0 Å². The van der Waals surface area contributed by atoms with Crippen molar-refractivity contribution in [1.29, 1.82) is 0 Å². The Kier molecular flexibility index (Phi) is 8.46. The van der Waals surface area contributed by atoms with Gasteiger partial charge in [0.1, 0.15) is 11.9 Å². The number of phenolic OH excluding ortho intramolecular Hbond substituents is 1. The van der Waals surface area contributed by atoms with Gasteiger partial charge in [-0.1, -0.05) is 23.7 Å². The smallest absolute Gasteiger partial charge is 0.220 e. The molecule has 2 atom stereocenters. The van der Waals surface area contributed by atoms with Crippen LogP contribution in [0.1, 0.15) is 54.1 Å². The first-order chi connectivity index (χ1) is 14.9. The van der Waals surface area contributed by atoms with Crippen LogP contribution in [0.15, 0.2) is 48.5 Å². The largest absolute Gasteiger partial charge is 0.508 e. The summed E-state index contributed by atoms with van der Waals surface area (Å²) in [5.41, 5.74) is 1.22. The Bertz CT molecular complexity index is 864. The topological polar surface area (TPSA) is 89.9 Å². The van der Waals surface area contributed by atoms with Gasteiger partial charge in [-0.15, -0.1) is 0 Å². The molecule has 166 valence electrons. The van der Waals surface area contributed by atoms with E-state index in [1.807, 2.05) is 0 Å². The Morgan fingerprint density at radius 2 is 1.65 bits per heavy atom. The molecule has 3 rings (SSSR count). The minimum absolute atomic E-state index is 0.0670. The number of ketones is 1. The van der Waals surface area contributed by atoms with E-state index in [4.69, 9.17) is 11.6 Å². The number of carbonyl (C=O) groups is 2. The summed E-state index contributed by atoms with van der Waals surface area (Å²) in [6, 6.07) is 12.6. The molecule has 1 aliphatic rings. The quantitative estimate of drug-likeness (QED) is 0.486. The van der Waals surface area contributed by atoms with Crippen LogP contribution < -0.4 is 5.32 Å². The number of phenols is 1. The highest BCUT2D eigenvalue weighted by Gasteiger charge is 2.26. The van der Waals surface area contributed by atoms with E-state index in [2.05, 4.69) is 10.2 Å². The van der Waals surface area contributed by atoms with Crippen molar-refractivity contribution in [3.63, 3.8) is 0 Å². The number of halogens is 1. The Morgan fingerprint density at radius 1 is 1.00 bits per heavy atom. The second kappa shape index (κ2) is 11.3. The van der Waals surface area contributed by atoms with Crippen LogP contribution in [-0.2, 0) is 4.79 Å². The molecule has 6 nitrogen and oxygen atoms in total. The molecule has 0 radical (unpaired) electrons. The van der Waals surface area contributed by atoms with Crippen molar-refractivity contribution >= 4 is 23.3 Å². The lowest BCUT2D eigenvalue weighted by Gasteiger charge is -2.28. The molecule has 0 spiro atoms. The summed E-state index contributed by atoms with van der Waals surface area (Å²) < 4.78 is 0. The maximum Gasteiger partial charge on any atom is 0.220 e. The standard InChI is InChI=1S/C24H29ClN2O4/c25-19-10-6-18(7-11-19)24(31)21(16-27-14-1-2-15-27)26-23(30)5-3-4-22(29)17-8-12-20(28)13-9-17/h6-13,21,24,28,31H,1-5,14-16H2,(H,26,30). The molecule has 1 aliphatic heterocycles. The molecule has 1 heterocycles. The third-order valence-corrected chi connectivity index (χ3v) is 5.84. The maximum absolute atomic E-state index is 12.6. The minimum atomic E-state index is -0.847. The first-order valence-corrected chi connectivity index (χ1v) is 11.1. The molecule has 2 aromatic carbocycles. The van der Waals surface area contributed by atoms with E-state index in [9.17, 15) is 19.8 Å². The Hall–Kier alpha value is -2.41. The lowest BCUT2D eigenvalue weighted by molar-refractivity contribution is -0.123. The van der Waals surface area contributed by atoms with Gasteiger partial charge < -0.3 is 20.4 Å². The number of nitrogens with one attached hydrogen (secondary N) is 1. The number of carbonyl (C=O) groups excluding carboxylic acids is 2. The summed E-state index contributed by atoms with van der Waals surface area (Å²) in [6.07, 6.45) is 2.26. The number of amides is 1. The normalized spacial score (nSPS) is 16.1. The average molecular weight is 445 g/mol. The second-order valence-electron chi connectivity index (χ2n) is 8.00. The summed E-state index contributed by atoms with van der Waals surface area (Å²) in [6.45, 7) is 2.49. The highest BCUT2D eigenvalue weighted by atomic mass is 35.5. The van der Waals surface area contributed by atoms with Gasteiger partial charge in [-0.25, -0.2) is 0 Å². The van der Waals surface area contributed by atoms with Crippen molar-refractivity contribution in [1.82, 2.24) is 10.2 Å². The van der Waals surface area contributed by atoms with Crippen molar-refractivity contribution in [3.05, 3.63) is 64.7 Å². The van der Waals surface area contributed by atoms with Crippen LogP contribution in [0, 0.1) is 0 Å². The number of hydrogen-bond acceptors (Lipinski definition) is 5. The Balaban J connectivity index is 1.54. The molecular weight excluding hydrogens is 416 g/mol. The predicted octanol–water partition coefficient (Wildman–Crippen LogP) is 3.71. The van der Waals surface area contributed by atoms with E-state index in [1.165, 1.54) is 12.1 Å². The van der Waals surface area contributed by atoms with Gasteiger partial charge in [0.25, 0.3) is 0 Å². The summed E-state index contributed by atoms with van der Waals surface area (Å²) in [4.78, 5) is 27.1. The number of likely N-dealkylation sites (tertiary alicyclic amines) is 1. The molecule has 2 aromatic rings. The molecular formula is C24H29ClN2O4. The lowest BCUT2D eigenvalue weighted by Crippen LogP contribution is -2.46. The Morgan fingerprint density at radius 3 is 2.29 bits per heavy atom. The number of aliphatic hydroxyl groups is 1. The highest BCUT2D eigenvalue weighted by molar-refractivity contribution is 6.30. The maximum atomic E-state index is 12.6. The van der Waals surface area contributed by atoms with Crippen LogP contribution >= 0.6 is 11.6 Å². The zero-order chi connectivity index (χ0) is 22.2. The number of Topliss-reactive ketones (excluding diaryl/α,β-unsaturated/α-hetero) is 1. The molecule has 7 heteroatoms. The average Bonchev–Trinajstić information content (AvgIpc) is 3.27. The van der Waals surface area contributed by atoms with E-state index in [-0.39, 0.29) is 30.3 Å². The van der Waals surface area contributed by atoms with Crippen molar-refractivity contribution < 1.29 is 19.8 Å². The molecule has 1 saturated heterocycles.